The molecule has 0 aliphatic rings. The summed E-state index contributed by atoms with van der Waals surface area (Å²) in [5.74, 6) is 0. The van der Waals surface area contributed by atoms with Crippen LogP contribution in [0.15, 0.2) is 47.9 Å². The van der Waals surface area contributed by atoms with Gasteiger partial charge in [-0.1, -0.05) is 17.7 Å². The van der Waals surface area contributed by atoms with Gasteiger partial charge in [0.25, 0.3) is 0 Å². The molecule has 0 aliphatic heterocycles. The summed E-state index contributed by atoms with van der Waals surface area (Å²) in [7, 11) is -4.27. The van der Waals surface area contributed by atoms with Crippen molar-refractivity contribution in [3.05, 3.63) is 48.5 Å². The van der Waals surface area contributed by atoms with Crippen molar-refractivity contribution >= 4 is 10.1 Å². The highest BCUT2D eigenvalue weighted by molar-refractivity contribution is 7.85. The highest BCUT2D eigenvalue weighted by atomic mass is 32.2. The number of H-pyrrole nitrogens is 1. The van der Waals surface area contributed by atoms with Crippen LogP contribution in [-0.4, -0.2) is 18.0 Å². The van der Waals surface area contributed by atoms with E-state index in [4.69, 9.17) is 0 Å². The van der Waals surface area contributed by atoms with Crippen LogP contribution in [0.4, 0.5) is 0 Å². The van der Waals surface area contributed by atoms with Crippen LogP contribution in [0, 0.1) is 6.92 Å². The topological polar surface area (TPSA) is 76.9 Å². The standard InChI is InChI=1S/C7H8O3S.C6H10N2/c1-6-2-4-7(5-3-6)11(8,9)10;1-6(2)8-4-3-7-5-8/h2-5H,1H3,(H,8,9,10);3-6H,1-2H3. The zero-order chi connectivity index (χ0) is 14.5. The lowest BCUT2D eigenvalue weighted by molar-refractivity contribution is -0.714. The fourth-order valence-corrected chi connectivity index (χ4v) is 1.80. The molecule has 0 spiro atoms. The molecule has 2 aromatic rings. The molecule has 0 saturated heterocycles. The number of benzene rings is 1. The van der Waals surface area contributed by atoms with Crippen molar-refractivity contribution in [1.29, 1.82) is 0 Å². The van der Waals surface area contributed by atoms with Gasteiger partial charge in [-0.3, -0.25) is 4.98 Å². The quantitative estimate of drug-likeness (QED) is 0.673. The molecule has 1 aromatic carbocycles. The molecule has 0 aliphatic carbocycles. The van der Waals surface area contributed by atoms with E-state index in [0.29, 0.717) is 6.04 Å². The van der Waals surface area contributed by atoms with Gasteiger partial charge in [-0.25, -0.2) is 13.0 Å². The molecule has 0 unspecified atom stereocenters. The number of rotatable bonds is 2. The maximum Gasteiger partial charge on any atom is 0.241 e. The molecule has 0 amide bonds. The first-order chi connectivity index (χ1) is 8.80. The highest BCUT2D eigenvalue weighted by Crippen LogP contribution is 2.08. The summed E-state index contributed by atoms with van der Waals surface area (Å²) in [4.78, 5) is 2.80. The largest absolute Gasteiger partial charge is 0.744 e. The lowest BCUT2D eigenvalue weighted by atomic mass is 10.2. The molecule has 5 nitrogen and oxygen atoms in total. The van der Waals surface area contributed by atoms with Crippen LogP contribution in [0.3, 0.4) is 0 Å². The summed E-state index contributed by atoms with van der Waals surface area (Å²) < 4.78 is 33.3. The van der Waals surface area contributed by atoms with Gasteiger partial charge in [0.1, 0.15) is 22.5 Å². The molecular weight excluding hydrogens is 264 g/mol. The molecule has 0 fully saturated rings. The molecule has 0 saturated carbocycles. The van der Waals surface area contributed by atoms with Gasteiger partial charge in [0.15, 0.2) is 0 Å². The SMILES string of the molecule is CC(C)[n+]1cc[nH]c1.Cc1ccc(S(=O)(=O)[O-])cc1. The van der Waals surface area contributed by atoms with Gasteiger partial charge in [-0.2, -0.15) is 0 Å². The van der Waals surface area contributed by atoms with Crippen LogP contribution in [0.25, 0.3) is 0 Å². The minimum Gasteiger partial charge on any atom is -0.744 e. The third-order valence-electron chi connectivity index (χ3n) is 2.47. The Morgan fingerprint density at radius 2 is 1.79 bits per heavy atom. The molecule has 104 valence electrons. The molecule has 0 atom stereocenters. The zero-order valence-electron chi connectivity index (χ0n) is 11.2. The van der Waals surface area contributed by atoms with Crippen molar-refractivity contribution in [3.8, 4) is 0 Å². The Labute approximate surface area is 113 Å². The molecule has 2 rings (SSSR count). The second kappa shape index (κ2) is 6.49. The van der Waals surface area contributed by atoms with Gasteiger partial charge in [0, 0.05) is 0 Å². The first-order valence-corrected chi connectivity index (χ1v) is 7.27. The van der Waals surface area contributed by atoms with E-state index in [-0.39, 0.29) is 4.90 Å². The van der Waals surface area contributed by atoms with Crippen molar-refractivity contribution in [2.24, 2.45) is 0 Å². The molecule has 1 heterocycles. The van der Waals surface area contributed by atoms with Gasteiger partial charge in [-0.15, -0.1) is 0 Å². The number of aromatic amines is 1. The number of nitrogens with zero attached hydrogens (tertiary/aromatic N) is 1. The minimum absolute atomic E-state index is 0.178. The Balaban J connectivity index is 0.000000200. The molecule has 6 heteroatoms. The molecule has 1 N–H and O–H groups in total. The summed E-state index contributed by atoms with van der Waals surface area (Å²) in [6.07, 6.45) is 5.88. The van der Waals surface area contributed by atoms with E-state index >= 15 is 0 Å². The highest BCUT2D eigenvalue weighted by Gasteiger charge is 1.99. The van der Waals surface area contributed by atoms with E-state index in [2.05, 4.69) is 23.4 Å². The van der Waals surface area contributed by atoms with Crippen molar-refractivity contribution in [3.63, 3.8) is 0 Å². The average Bonchev–Trinajstić information content (AvgIpc) is 2.82. The van der Waals surface area contributed by atoms with E-state index in [0.717, 1.165) is 5.56 Å². The van der Waals surface area contributed by atoms with Crippen molar-refractivity contribution < 1.29 is 17.5 Å². The van der Waals surface area contributed by atoms with Crippen LogP contribution in [0.1, 0.15) is 25.5 Å². The van der Waals surface area contributed by atoms with E-state index in [1.165, 1.54) is 12.1 Å². The number of imidazole rings is 1. The molecular formula is C13H18N2O3S. The van der Waals surface area contributed by atoms with Crippen molar-refractivity contribution in [1.82, 2.24) is 4.98 Å². The normalized spacial score (nSPS) is 11.0. The summed E-state index contributed by atoms with van der Waals surface area (Å²) >= 11 is 0. The summed E-state index contributed by atoms with van der Waals surface area (Å²) in [5.41, 5.74) is 0.928. The second-order valence-corrected chi connectivity index (χ2v) is 5.80. The predicted molar refractivity (Wildman–Crippen MR) is 70.5 cm³/mol. The smallest absolute Gasteiger partial charge is 0.241 e. The first-order valence-electron chi connectivity index (χ1n) is 5.87. The molecule has 1 aromatic heterocycles. The van der Waals surface area contributed by atoms with E-state index in [9.17, 15) is 13.0 Å². The van der Waals surface area contributed by atoms with Gasteiger partial charge in [-0.05, 0) is 32.9 Å². The Morgan fingerprint density at radius 3 is 2.11 bits per heavy atom. The first kappa shape index (κ1) is 15.4. The Bertz CT molecular complexity index is 587. The summed E-state index contributed by atoms with van der Waals surface area (Å²) in [6.45, 7) is 6.11. The van der Waals surface area contributed by atoms with Crippen molar-refractivity contribution in [2.75, 3.05) is 0 Å². The maximum atomic E-state index is 10.4. The monoisotopic (exact) mass is 282 g/mol. The number of nitrogens with one attached hydrogen (secondary N) is 1. The third-order valence-corrected chi connectivity index (χ3v) is 3.32. The lowest BCUT2D eigenvalue weighted by Gasteiger charge is -2.05. The van der Waals surface area contributed by atoms with Crippen LogP contribution in [0.5, 0.6) is 0 Å². The van der Waals surface area contributed by atoms with Crippen LogP contribution < -0.4 is 4.57 Å². The Morgan fingerprint density at radius 1 is 1.21 bits per heavy atom. The van der Waals surface area contributed by atoms with Crippen molar-refractivity contribution in [2.45, 2.75) is 31.7 Å². The lowest BCUT2D eigenvalue weighted by Crippen LogP contribution is -2.32. The Kier molecular flexibility index (Phi) is 5.26. The van der Waals surface area contributed by atoms with Gasteiger partial charge in [0.2, 0.25) is 6.33 Å². The van der Waals surface area contributed by atoms with Gasteiger partial charge in [0.05, 0.1) is 10.9 Å². The van der Waals surface area contributed by atoms with Crippen LogP contribution >= 0.6 is 0 Å². The number of hydrogen-bond donors (Lipinski definition) is 1. The molecule has 19 heavy (non-hydrogen) atoms. The molecule has 0 bridgehead atoms. The number of hydrogen-bond acceptors (Lipinski definition) is 3. The van der Waals surface area contributed by atoms with E-state index in [1.54, 1.807) is 12.1 Å². The average molecular weight is 282 g/mol. The number of aromatic nitrogens is 2. The predicted octanol–water partition coefficient (Wildman–Crippen LogP) is 1.78. The van der Waals surface area contributed by atoms with Crippen LogP contribution in [0.2, 0.25) is 0 Å². The fourth-order valence-electron chi connectivity index (χ4n) is 1.33. The maximum absolute atomic E-state index is 10.4. The third kappa shape index (κ3) is 5.23. The van der Waals surface area contributed by atoms with E-state index in [1.807, 2.05) is 25.6 Å². The second-order valence-electron chi connectivity index (χ2n) is 4.42. The van der Waals surface area contributed by atoms with Gasteiger partial charge < -0.3 is 4.55 Å². The molecule has 0 radical (unpaired) electrons. The Hall–Kier alpha value is -1.66. The summed E-state index contributed by atoms with van der Waals surface area (Å²) in [5, 5.41) is 0. The fraction of sp³-hybridized carbons (Fsp3) is 0.308. The minimum atomic E-state index is -4.27. The van der Waals surface area contributed by atoms with Gasteiger partial charge >= 0.3 is 0 Å². The van der Waals surface area contributed by atoms with E-state index < -0.39 is 10.1 Å². The zero-order valence-corrected chi connectivity index (χ0v) is 12.0. The summed E-state index contributed by atoms with van der Waals surface area (Å²) in [6, 6.07) is 6.35. The number of aryl methyl sites for hydroxylation is 1. The van der Waals surface area contributed by atoms with Crippen LogP contribution in [-0.2, 0) is 10.1 Å².